The molecule has 4 heteroatoms. The molecular formula is C14H29N3O. The normalized spacial score (nSPS) is 29.7. The molecule has 1 amide bonds. The van der Waals surface area contributed by atoms with E-state index in [1.165, 1.54) is 0 Å². The Morgan fingerprint density at radius 3 is 2.78 bits per heavy atom. The molecule has 0 bridgehead atoms. The van der Waals surface area contributed by atoms with Gasteiger partial charge in [-0.25, -0.2) is 0 Å². The van der Waals surface area contributed by atoms with E-state index in [0.29, 0.717) is 12.0 Å². The number of carbonyl (C=O) groups is 1. The number of carbonyl (C=O) groups excluding carboxylic acids is 1. The summed E-state index contributed by atoms with van der Waals surface area (Å²) in [6.07, 6.45) is 5.30. The van der Waals surface area contributed by atoms with Crippen LogP contribution in [-0.2, 0) is 4.79 Å². The van der Waals surface area contributed by atoms with Crippen LogP contribution < -0.4 is 11.1 Å². The van der Waals surface area contributed by atoms with E-state index in [-0.39, 0.29) is 5.91 Å². The Morgan fingerprint density at radius 2 is 2.28 bits per heavy atom. The number of rotatable bonds is 7. The summed E-state index contributed by atoms with van der Waals surface area (Å²) < 4.78 is 0. The fourth-order valence-electron chi connectivity index (χ4n) is 3.14. The summed E-state index contributed by atoms with van der Waals surface area (Å²) in [5.74, 6) is 0.199. The summed E-state index contributed by atoms with van der Waals surface area (Å²) in [6.45, 7) is 5.49. The Labute approximate surface area is 111 Å². The van der Waals surface area contributed by atoms with Crippen LogP contribution in [0.2, 0.25) is 0 Å². The third-order valence-electron chi connectivity index (χ3n) is 4.88. The summed E-state index contributed by atoms with van der Waals surface area (Å²) in [6, 6.07) is 0.601. The standard InChI is InChI=1S/C14H29N3O/c1-5-11(2)17(4)10-8-12-7-6-9-14(12,16-3)13(15)18/h11-12,16H,5-10H2,1-4H3,(H2,15,18). The summed E-state index contributed by atoms with van der Waals surface area (Å²) in [4.78, 5) is 14.1. The van der Waals surface area contributed by atoms with Gasteiger partial charge in [0.2, 0.25) is 5.91 Å². The van der Waals surface area contributed by atoms with Gasteiger partial charge in [0.05, 0.1) is 0 Å². The number of primary amides is 1. The van der Waals surface area contributed by atoms with Gasteiger partial charge in [0.1, 0.15) is 5.54 Å². The molecule has 0 aromatic rings. The molecule has 1 fully saturated rings. The van der Waals surface area contributed by atoms with E-state index in [2.05, 4.69) is 31.1 Å². The maximum absolute atomic E-state index is 11.7. The first-order chi connectivity index (χ1) is 8.47. The van der Waals surface area contributed by atoms with Gasteiger partial charge in [0.25, 0.3) is 0 Å². The zero-order valence-electron chi connectivity index (χ0n) is 12.3. The van der Waals surface area contributed by atoms with E-state index in [4.69, 9.17) is 5.73 Å². The van der Waals surface area contributed by atoms with Crippen molar-refractivity contribution in [1.29, 1.82) is 0 Å². The van der Waals surface area contributed by atoms with Gasteiger partial charge >= 0.3 is 0 Å². The molecule has 0 heterocycles. The van der Waals surface area contributed by atoms with E-state index < -0.39 is 5.54 Å². The Kier molecular flexibility index (Phi) is 5.60. The summed E-state index contributed by atoms with van der Waals surface area (Å²) in [7, 11) is 4.02. The molecule has 0 spiro atoms. The largest absolute Gasteiger partial charge is 0.368 e. The predicted octanol–water partition coefficient (Wildman–Crippen LogP) is 1.35. The van der Waals surface area contributed by atoms with Crippen molar-refractivity contribution in [1.82, 2.24) is 10.2 Å². The Balaban J connectivity index is 2.58. The maximum atomic E-state index is 11.7. The Hall–Kier alpha value is -0.610. The van der Waals surface area contributed by atoms with Crippen LogP contribution in [0.25, 0.3) is 0 Å². The molecule has 3 unspecified atom stereocenters. The second kappa shape index (κ2) is 6.53. The van der Waals surface area contributed by atoms with Crippen LogP contribution >= 0.6 is 0 Å². The molecule has 106 valence electrons. The minimum Gasteiger partial charge on any atom is -0.368 e. The van der Waals surface area contributed by atoms with Crippen LogP contribution in [0.5, 0.6) is 0 Å². The Bertz CT molecular complexity index is 282. The molecule has 1 aliphatic carbocycles. The molecule has 1 aliphatic rings. The summed E-state index contributed by atoms with van der Waals surface area (Å²) in [5, 5.41) is 3.20. The molecule has 1 rings (SSSR count). The number of hydrogen-bond acceptors (Lipinski definition) is 3. The molecule has 0 aromatic heterocycles. The highest BCUT2D eigenvalue weighted by Gasteiger charge is 2.46. The second-order valence-electron chi connectivity index (χ2n) is 5.70. The molecule has 3 N–H and O–H groups in total. The molecule has 1 saturated carbocycles. The van der Waals surface area contributed by atoms with Crippen LogP contribution in [0.3, 0.4) is 0 Å². The van der Waals surface area contributed by atoms with Gasteiger partial charge in [-0.3, -0.25) is 4.79 Å². The van der Waals surface area contributed by atoms with Crippen molar-refractivity contribution in [2.75, 3.05) is 20.6 Å². The molecule has 4 nitrogen and oxygen atoms in total. The van der Waals surface area contributed by atoms with Gasteiger partial charge < -0.3 is 16.0 Å². The van der Waals surface area contributed by atoms with E-state index in [1.54, 1.807) is 0 Å². The fraction of sp³-hybridized carbons (Fsp3) is 0.929. The first-order valence-electron chi connectivity index (χ1n) is 7.17. The van der Waals surface area contributed by atoms with Crippen molar-refractivity contribution >= 4 is 5.91 Å². The number of likely N-dealkylation sites (N-methyl/N-ethyl adjacent to an activating group) is 1. The highest BCUT2D eigenvalue weighted by molar-refractivity contribution is 5.85. The molecule has 18 heavy (non-hydrogen) atoms. The maximum Gasteiger partial charge on any atom is 0.238 e. The van der Waals surface area contributed by atoms with E-state index in [1.807, 2.05) is 7.05 Å². The first kappa shape index (κ1) is 15.4. The molecule has 0 radical (unpaired) electrons. The van der Waals surface area contributed by atoms with Gasteiger partial charge in [0.15, 0.2) is 0 Å². The smallest absolute Gasteiger partial charge is 0.238 e. The average Bonchev–Trinajstić information content (AvgIpc) is 2.78. The predicted molar refractivity (Wildman–Crippen MR) is 75.3 cm³/mol. The SMILES string of the molecule is CCC(C)N(C)CCC1CCCC1(NC)C(N)=O. The zero-order chi connectivity index (χ0) is 13.8. The van der Waals surface area contributed by atoms with Crippen LogP contribution in [-0.4, -0.2) is 43.0 Å². The van der Waals surface area contributed by atoms with Gasteiger partial charge in [0, 0.05) is 6.04 Å². The molecule has 0 saturated heterocycles. The van der Waals surface area contributed by atoms with Crippen molar-refractivity contribution in [2.45, 2.75) is 57.5 Å². The van der Waals surface area contributed by atoms with Crippen LogP contribution in [0.1, 0.15) is 46.0 Å². The second-order valence-corrected chi connectivity index (χ2v) is 5.70. The van der Waals surface area contributed by atoms with Crippen molar-refractivity contribution in [3.63, 3.8) is 0 Å². The van der Waals surface area contributed by atoms with Gasteiger partial charge in [-0.05, 0) is 59.2 Å². The van der Waals surface area contributed by atoms with Crippen LogP contribution in [0.4, 0.5) is 0 Å². The number of nitrogens with zero attached hydrogens (tertiary/aromatic N) is 1. The van der Waals surface area contributed by atoms with Crippen LogP contribution in [0.15, 0.2) is 0 Å². The minimum atomic E-state index is -0.462. The van der Waals surface area contributed by atoms with E-state index in [9.17, 15) is 4.79 Å². The monoisotopic (exact) mass is 255 g/mol. The zero-order valence-corrected chi connectivity index (χ0v) is 12.3. The third kappa shape index (κ3) is 3.04. The first-order valence-corrected chi connectivity index (χ1v) is 7.17. The topological polar surface area (TPSA) is 58.4 Å². The average molecular weight is 255 g/mol. The van der Waals surface area contributed by atoms with Gasteiger partial charge in [-0.1, -0.05) is 13.3 Å². The fourth-order valence-corrected chi connectivity index (χ4v) is 3.14. The Morgan fingerprint density at radius 1 is 1.61 bits per heavy atom. The van der Waals surface area contributed by atoms with E-state index >= 15 is 0 Å². The van der Waals surface area contributed by atoms with Crippen molar-refractivity contribution in [3.8, 4) is 0 Å². The minimum absolute atomic E-state index is 0.182. The molecular weight excluding hydrogens is 226 g/mol. The third-order valence-corrected chi connectivity index (χ3v) is 4.88. The lowest BCUT2D eigenvalue weighted by Gasteiger charge is -2.34. The summed E-state index contributed by atoms with van der Waals surface area (Å²) >= 11 is 0. The molecule has 0 aromatic carbocycles. The van der Waals surface area contributed by atoms with Crippen molar-refractivity contribution in [2.24, 2.45) is 11.7 Å². The highest BCUT2D eigenvalue weighted by atomic mass is 16.1. The lowest BCUT2D eigenvalue weighted by Crippen LogP contribution is -2.56. The van der Waals surface area contributed by atoms with Crippen LogP contribution in [0, 0.1) is 5.92 Å². The van der Waals surface area contributed by atoms with Crippen molar-refractivity contribution < 1.29 is 4.79 Å². The number of hydrogen-bond donors (Lipinski definition) is 2. The number of amides is 1. The number of nitrogens with two attached hydrogens (primary N) is 1. The lowest BCUT2D eigenvalue weighted by molar-refractivity contribution is -0.125. The van der Waals surface area contributed by atoms with Crippen molar-refractivity contribution in [3.05, 3.63) is 0 Å². The van der Waals surface area contributed by atoms with E-state index in [0.717, 1.165) is 38.6 Å². The number of nitrogens with one attached hydrogen (secondary N) is 1. The lowest BCUT2D eigenvalue weighted by atomic mass is 9.84. The quantitative estimate of drug-likeness (QED) is 0.722. The molecule has 3 atom stereocenters. The van der Waals surface area contributed by atoms with Gasteiger partial charge in [-0.2, -0.15) is 0 Å². The molecule has 0 aliphatic heterocycles. The highest BCUT2D eigenvalue weighted by Crippen LogP contribution is 2.37. The summed E-state index contributed by atoms with van der Waals surface area (Å²) in [5.41, 5.74) is 5.15. The van der Waals surface area contributed by atoms with Gasteiger partial charge in [-0.15, -0.1) is 0 Å².